The lowest BCUT2D eigenvalue weighted by Crippen LogP contribution is -2.54. The van der Waals surface area contributed by atoms with Crippen LogP contribution in [0, 0.1) is 5.41 Å². The second-order valence-corrected chi connectivity index (χ2v) is 16.7. The van der Waals surface area contributed by atoms with E-state index in [0.717, 1.165) is 90.8 Å². The monoisotopic (exact) mass is 817 g/mol. The molecule has 60 heavy (non-hydrogen) atoms. The summed E-state index contributed by atoms with van der Waals surface area (Å²) in [5, 5.41) is 7.24. The molecule has 0 radical (unpaired) electrons. The van der Waals surface area contributed by atoms with Crippen molar-refractivity contribution in [1.82, 2.24) is 30.0 Å². The molecule has 2 saturated heterocycles. The quantitative estimate of drug-likeness (QED) is 0.147. The minimum absolute atomic E-state index is 0.0417. The smallest absolute Gasteiger partial charge is 0.262 e. The number of rotatable bonds is 13. The Morgan fingerprint density at radius 3 is 2.35 bits per heavy atom. The zero-order valence-corrected chi connectivity index (χ0v) is 34.5. The molecule has 1 saturated carbocycles. The van der Waals surface area contributed by atoms with Crippen LogP contribution >= 0.6 is 0 Å². The largest absolute Gasteiger partial charge is 0.496 e. The molecule has 3 fully saturated rings. The third-order valence-electron chi connectivity index (χ3n) is 12.9. The summed E-state index contributed by atoms with van der Waals surface area (Å²) < 4.78 is 13.2. The van der Waals surface area contributed by atoms with Gasteiger partial charge in [-0.05, 0) is 104 Å². The summed E-state index contributed by atoms with van der Waals surface area (Å²) in [5.74, 6) is -0.763. The number of nitrogens with one attached hydrogen (secondary N) is 2. The van der Waals surface area contributed by atoms with E-state index in [9.17, 15) is 28.8 Å². The number of imide groups is 2. The number of aromatic nitrogens is 2. The van der Waals surface area contributed by atoms with E-state index in [-0.39, 0.29) is 24.3 Å². The molecule has 8 rings (SSSR count). The maximum Gasteiger partial charge on any atom is 0.262 e. The van der Waals surface area contributed by atoms with Crippen LogP contribution in [0.4, 0.5) is 5.69 Å². The SMILES string of the molecule is COc1cc(-c2cn(C)c(=O)c3cnccc23)cc(OC)c1CN(C)C(=O)CCCCNC1CC2(CCN(c3ccc4c(c3)C(=O)N(C3CCC(=O)NC3=O)C4=O)CC2)C1. The normalized spacial score (nSPS) is 18.8. The average molecular weight is 818 g/mol. The lowest BCUT2D eigenvalue weighted by Gasteiger charge is -2.53. The Labute approximate surface area is 348 Å². The highest BCUT2D eigenvalue weighted by atomic mass is 16.5. The summed E-state index contributed by atoms with van der Waals surface area (Å²) in [4.78, 5) is 85.7. The van der Waals surface area contributed by atoms with E-state index in [1.807, 2.05) is 24.3 Å². The minimum atomic E-state index is -0.976. The van der Waals surface area contributed by atoms with Gasteiger partial charge in [-0.3, -0.25) is 44.0 Å². The molecule has 2 N–H and O–H groups in total. The summed E-state index contributed by atoms with van der Waals surface area (Å²) in [7, 11) is 6.70. The molecule has 3 aliphatic heterocycles. The Morgan fingerprint density at radius 1 is 0.933 bits per heavy atom. The van der Waals surface area contributed by atoms with Gasteiger partial charge in [-0.25, -0.2) is 0 Å². The molecule has 15 heteroatoms. The van der Waals surface area contributed by atoms with E-state index < -0.39 is 29.7 Å². The van der Waals surface area contributed by atoms with Crippen molar-refractivity contribution >= 4 is 46.0 Å². The molecule has 1 aliphatic carbocycles. The highest BCUT2D eigenvalue weighted by Crippen LogP contribution is 2.50. The van der Waals surface area contributed by atoms with Crippen LogP contribution in [0.1, 0.15) is 84.1 Å². The molecule has 314 valence electrons. The van der Waals surface area contributed by atoms with Gasteiger partial charge in [0.05, 0.1) is 42.8 Å². The number of amides is 5. The predicted octanol–water partition coefficient (Wildman–Crippen LogP) is 4.19. The molecular weight excluding hydrogens is 767 g/mol. The standard InChI is InChI=1S/C45H51N7O8/c1-49(26-35-37(59-3)19-27(20-38(35)60-4)34-25-50(2)42(56)33-24-46-16-12-30(33)34)40(54)7-5-6-15-47-28-22-45(23-28)13-17-51(18-14-45)29-8-9-31-32(21-29)44(58)52(43(31)57)36-10-11-39(53)48-41(36)55/h8-9,12,16,19-21,24-25,28,36,47H,5-7,10-11,13-15,17-18,22-23,26H2,1-4H3,(H,48,53,55). The van der Waals surface area contributed by atoms with E-state index >= 15 is 0 Å². The van der Waals surface area contributed by atoms with E-state index in [2.05, 4.69) is 20.5 Å². The zero-order chi connectivity index (χ0) is 42.3. The average Bonchev–Trinajstić information content (AvgIpc) is 3.49. The van der Waals surface area contributed by atoms with Crippen molar-refractivity contribution in [3.63, 3.8) is 0 Å². The van der Waals surface area contributed by atoms with Gasteiger partial charge in [0.25, 0.3) is 17.4 Å². The van der Waals surface area contributed by atoms with Gasteiger partial charge in [-0.1, -0.05) is 0 Å². The molecule has 0 bridgehead atoms. The van der Waals surface area contributed by atoms with Crippen LogP contribution in [0.3, 0.4) is 0 Å². The summed E-state index contributed by atoms with van der Waals surface area (Å²) in [6, 6.07) is 10.5. The highest BCUT2D eigenvalue weighted by Gasteiger charge is 2.47. The number of piperidine rings is 2. The number of aryl methyl sites for hydroxylation is 1. The number of hydrogen-bond acceptors (Lipinski definition) is 11. The fraction of sp³-hybridized carbons (Fsp3) is 0.444. The number of ether oxygens (including phenoxy) is 2. The van der Waals surface area contributed by atoms with Crippen molar-refractivity contribution < 1.29 is 33.4 Å². The first-order valence-corrected chi connectivity index (χ1v) is 20.7. The summed E-state index contributed by atoms with van der Waals surface area (Å²) in [5.41, 5.74) is 4.09. The maximum absolute atomic E-state index is 13.3. The Kier molecular flexibility index (Phi) is 11.2. The maximum atomic E-state index is 13.3. The van der Waals surface area contributed by atoms with Gasteiger partial charge in [0.15, 0.2) is 0 Å². The Balaban J connectivity index is 0.779. The number of fused-ring (bicyclic) bond motifs is 2. The van der Waals surface area contributed by atoms with Crippen LogP contribution in [0.15, 0.2) is 59.8 Å². The van der Waals surface area contributed by atoms with Crippen molar-refractivity contribution in [1.29, 1.82) is 0 Å². The van der Waals surface area contributed by atoms with Crippen molar-refractivity contribution in [2.24, 2.45) is 12.5 Å². The molecule has 15 nitrogen and oxygen atoms in total. The molecule has 1 atom stereocenters. The van der Waals surface area contributed by atoms with E-state index in [4.69, 9.17) is 9.47 Å². The second kappa shape index (κ2) is 16.5. The third kappa shape index (κ3) is 7.62. The molecule has 5 heterocycles. The van der Waals surface area contributed by atoms with Gasteiger partial charge >= 0.3 is 0 Å². The fourth-order valence-electron chi connectivity index (χ4n) is 9.49. The van der Waals surface area contributed by atoms with Crippen LogP contribution < -0.4 is 30.6 Å². The van der Waals surface area contributed by atoms with Crippen molar-refractivity contribution in [2.75, 3.05) is 45.8 Å². The first kappa shape index (κ1) is 40.7. The molecule has 1 unspecified atom stereocenters. The van der Waals surface area contributed by atoms with Crippen LogP contribution in [0.2, 0.25) is 0 Å². The van der Waals surface area contributed by atoms with Gasteiger partial charge in [-0.2, -0.15) is 0 Å². The third-order valence-corrected chi connectivity index (χ3v) is 12.9. The topological polar surface area (TPSA) is 172 Å². The molecule has 1 spiro atoms. The van der Waals surface area contributed by atoms with Crippen LogP contribution in [0.25, 0.3) is 21.9 Å². The lowest BCUT2D eigenvalue weighted by atomic mass is 9.60. The summed E-state index contributed by atoms with van der Waals surface area (Å²) in [6.45, 7) is 2.87. The second-order valence-electron chi connectivity index (χ2n) is 16.7. The van der Waals surface area contributed by atoms with E-state index in [0.29, 0.717) is 52.4 Å². The number of carbonyl (C=O) groups excluding carboxylic acids is 5. The van der Waals surface area contributed by atoms with Gasteiger partial charge < -0.3 is 29.2 Å². The van der Waals surface area contributed by atoms with E-state index in [1.165, 1.54) is 0 Å². The number of carbonyl (C=O) groups is 5. The van der Waals surface area contributed by atoms with Gasteiger partial charge in [0.1, 0.15) is 17.5 Å². The molecule has 2 aromatic carbocycles. The number of methoxy groups -OCH3 is 2. The number of hydrogen-bond donors (Lipinski definition) is 2. The number of unbranched alkanes of at least 4 members (excludes halogenated alkanes) is 1. The molecule has 5 amide bonds. The number of pyridine rings is 2. The van der Waals surface area contributed by atoms with Gasteiger partial charge in [-0.15, -0.1) is 0 Å². The van der Waals surface area contributed by atoms with Gasteiger partial charge in [0, 0.05) is 75.9 Å². The van der Waals surface area contributed by atoms with Crippen molar-refractivity contribution in [3.8, 4) is 22.6 Å². The molecule has 4 aliphatic rings. The fourth-order valence-corrected chi connectivity index (χ4v) is 9.49. The summed E-state index contributed by atoms with van der Waals surface area (Å²) in [6.07, 6.45) is 11.7. The number of nitrogens with zero attached hydrogens (tertiary/aromatic N) is 5. The highest BCUT2D eigenvalue weighted by molar-refractivity contribution is 6.23. The molecule has 4 aromatic rings. The Hall–Kier alpha value is -6.09. The first-order chi connectivity index (χ1) is 28.9. The number of benzene rings is 2. The first-order valence-electron chi connectivity index (χ1n) is 20.7. The minimum Gasteiger partial charge on any atom is -0.496 e. The number of anilines is 1. The lowest BCUT2D eigenvalue weighted by molar-refractivity contribution is -0.136. The van der Waals surface area contributed by atoms with Crippen LogP contribution in [0.5, 0.6) is 11.5 Å². The summed E-state index contributed by atoms with van der Waals surface area (Å²) >= 11 is 0. The van der Waals surface area contributed by atoms with Crippen LogP contribution in [-0.2, 0) is 28.0 Å². The van der Waals surface area contributed by atoms with Crippen LogP contribution in [-0.4, -0.2) is 102 Å². The van der Waals surface area contributed by atoms with E-state index in [1.54, 1.807) is 68.5 Å². The zero-order valence-electron chi connectivity index (χ0n) is 34.5. The predicted molar refractivity (Wildman–Crippen MR) is 224 cm³/mol. The van der Waals surface area contributed by atoms with Crippen molar-refractivity contribution in [2.45, 2.75) is 76.4 Å². The van der Waals surface area contributed by atoms with Gasteiger partial charge in [0.2, 0.25) is 17.7 Å². The Morgan fingerprint density at radius 2 is 1.65 bits per heavy atom. The Bertz CT molecular complexity index is 2420. The molecule has 2 aromatic heterocycles. The van der Waals surface area contributed by atoms with Crippen molar-refractivity contribution in [3.05, 3.63) is 82.0 Å². The molecular formula is C45H51N7O8.